The van der Waals surface area contributed by atoms with Crippen molar-refractivity contribution in [2.75, 3.05) is 6.61 Å². The molecule has 3 aromatic rings. The zero-order valence-electron chi connectivity index (χ0n) is 19.5. The van der Waals surface area contributed by atoms with Crippen molar-refractivity contribution in [3.63, 3.8) is 0 Å². The molecule has 33 heavy (non-hydrogen) atoms. The van der Waals surface area contributed by atoms with Crippen molar-refractivity contribution in [1.29, 1.82) is 0 Å². The Hall–Kier alpha value is -3.60. The Balaban J connectivity index is 1.87. The van der Waals surface area contributed by atoms with Crippen molar-refractivity contribution >= 4 is 11.8 Å². The molecule has 0 aliphatic rings. The molecule has 0 spiro atoms. The van der Waals surface area contributed by atoms with Gasteiger partial charge in [-0.25, -0.2) is 0 Å². The normalized spacial score (nSPS) is 11.6. The average molecular weight is 445 g/mol. The van der Waals surface area contributed by atoms with Crippen LogP contribution < -0.4 is 10.1 Å². The first-order valence-electron chi connectivity index (χ1n) is 11.3. The van der Waals surface area contributed by atoms with Gasteiger partial charge in [-0.2, -0.15) is 0 Å². The summed E-state index contributed by atoms with van der Waals surface area (Å²) in [6, 6.07) is 26.4. The lowest BCUT2D eigenvalue weighted by molar-refractivity contribution is -0.143. The lowest BCUT2D eigenvalue weighted by Gasteiger charge is -2.32. The number of ether oxygens (including phenoxy) is 1. The number of carbonyl (C=O) groups is 2. The molecule has 0 fully saturated rings. The second-order valence-corrected chi connectivity index (χ2v) is 8.48. The Morgan fingerprint density at radius 2 is 1.42 bits per heavy atom. The Morgan fingerprint density at radius 1 is 0.848 bits per heavy atom. The van der Waals surface area contributed by atoms with Crippen LogP contribution in [0.3, 0.4) is 0 Å². The van der Waals surface area contributed by atoms with E-state index in [1.165, 1.54) is 0 Å². The Labute approximate surface area is 196 Å². The molecule has 5 nitrogen and oxygen atoms in total. The van der Waals surface area contributed by atoms with Gasteiger partial charge >= 0.3 is 0 Å². The molecular weight excluding hydrogens is 412 g/mol. The van der Waals surface area contributed by atoms with Crippen LogP contribution in [-0.2, 0) is 22.6 Å². The van der Waals surface area contributed by atoms with Crippen LogP contribution >= 0.6 is 0 Å². The summed E-state index contributed by atoms with van der Waals surface area (Å²) in [7, 11) is 0. The highest BCUT2D eigenvalue weighted by Gasteiger charge is 2.31. The number of amides is 2. The van der Waals surface area contributed by atoms with Gasteiger partial charge < -0.3 is 15.0 Å². The summed E-state index contributed by atoms with van der Waals surface area (Å²) in [5.74, 6) is 0.215. The van der Waals surface area contributed by atoms with E-state index in [2.05, 4.69) is 5.32 Å². The Morgan fingerprint density at radius 3 is 2.00 bits per heavy atom. The van der Waals surface area contributed by atoms with E-state index in [1.807, 2.05) is 106 Å². The molecule has 1 atom stereocenters. The van der Waals surface area contributed by atoms with Gasteiger partial charge in [-0.1, -0.05) is 78.4 Å². The highest BCUT2D eigenvalue weighted by atomic mass is 16.5. The number of rotatable bonds is 10. The zero-order chi connectivity index (χ0) is 23.6. The zero-order valence-corrected chi connectivity index (χ0v) is 19.5. The molecule has 0 unspecified atom stereocenters. The Kier molecular flexibility index (Phi) is 8.64. The van der Waals surface area contributed by atoms with Crippen LogP contribution in [0.5, 0.6) is 5.75 Å². The predicted octanol–water partition coefficient (Wildman–Crippen LogP) is 4.54. The highest BCUT2D eigenvalue weighted by molar-refractivity contribution is 5.88. The lowest BCUT2D eigenvalue weighted by Crippen LogP contribution is -2.52. The van der Waals surface area contributed by atoms with Gasteiger partial charge in [-0.15, -0.1) is 0 Å². The third kappa shape index (κ3) is 7.49. The molecule has 172 valence electrons. The van der Waals surface area contributed by atoms with E-state index in [9.17, 15) is 9.59 Å². The smallest absolute Gasteiger partial charge is 0.261 e. The van der Waals surface area contributed by atoms with Crippen LogP contribution in [0, 0.1) is 6.92 Å². The van der Waals surface area contributed by atoms with E-state index in [0.717, 1.165) is 16.7 Å². The SMILES string of the molecule is Cc1ccc(OCC(=O)N(Cc2ccccc2)[C@H](Cc2ccccc2)C(=O)NC(C)C)cc1. The first-order valence-corrected chi connectivity index (χ1v) is 11.3. The van der Waals surface area contributed by atoms with Crippen molar-refractivity contribution in [3.8, 4) is 5.75 Å². The fourth-order valence-corrected chi connectivity index (χ4v) is 3.58. The maximum Gasteiger partial charge on any atom is 0.261 e. The standard InChI is InChI=1S/C28H32N2O3/c1-21(2)29-28(32)26(18-23-10-6-4-7-11-23)30(19-24-12-8-5-9-13-24)27(31)20-33-25-16-14-22(3)15-17-25/h4-17,21,26H,18-20H2,1-3H3,(H,29,32)/t26-/m1/s1. The second kappa shape index (κ2) is 11.9. The fraction of sp³-hybridized carbons (Fsp3) is 0.286. The summed E-state index contributed by atoms with van der Waals surface area (Å²) < 4.78 is 5.78. The third-order valence-electron chi connectivity index (χ3n) is 5.28. The quantitative estimate of drug-likeness (QED) is 0.500. The van der Waals surface area contributed by atoms with Crippen LogP contribution in [-0.4, -0.2) is 35.4 Å². The summed E-state index contributed by atoms with van der Waals surface area (Å²) >= 11 is 0. The number of carbonyl (C=O) groups excluding carboxylic acids is 2. The molecule has 0 saturated heterocycles. The molecule has 0 aliphatic heterocycles. The first kappa shape index (κ1) is 24.1. The van der Waals surface area contributed by atoms with Crippen molar-refractivity contribution in [3.05, 3.63) is 102 Å². The van der Waals surface area contributed by atoms with Gasteiger partial charge in [0.1, 0.15) is 11.8 Å². The van der Waals surface area contributed by atoms with E-state index < -0.39 is 6.04 Å². The molecule has 2 amide bonds. The first-order chi connectivity index (χ1) is 15.9. The summed E-state index contributed by atoms with van der Waals surface area (Å²) in [6.45, 7) is 6.01. The van der Waals surface area contributed by atoms with Crippen molar-refractivity contribution in [2.45, 2.75) is 45.8 Å². The second-order valence-electron chi connectivity index (χ2n) is 8.48. The molecule has 0 aromatic heterocycles. The molecule has 0 saturated carbocycles. The number of hydrogen-bond donors (Lipinski definition) is 1. The van der Waals surface area contributed by atoms with Crippen molar-refractivity contribution in [1.82, 2.24) is 10.2 Å². The molecule has 0 bridgehead atoms. The number of hydrogen-bond acceptors (Lipinski definition) is 3. The topological polar surface area (TPSA) is 58.6 Å². The van der Waals surface area contributed by atoms with Crippen LogP contribution in [0.4, 0.5) is 0 Å². The monoisotopic (exact) mass is 444 g/mol. The molecular formula is C28H32N2O3. The molecule has 5 heteroatoms. The predicted molar refractivity (Wildman–Crippen MR) is 131 cm³/mol. The number of benzene rings is 3. The molecule has 1 N–H and O–H groups in total. The molecule has 3 aromatic carbocycles. The maximum absolute atomic E-state index is 13.4. The average Bonchev–Trinajstić information content (AvgIpc) is 2.81. The van der Waals surface area contributed by atoms with E-state index in [1.54, 1.807) is 4.90 Å². The van der Waals surface area contributed by atoms with Crippen molar-refractivity contribution < 1.29 is 14.3 Å². The minimum absolute atomic E-state index is 0.0340. The Bertz CT molecular complexity index is 1020. The molecule has 0 heterocycles. The van der Waals surface area contributed by atoms with E-state index in [4.69, 9.17) is 4.74 Å². The van der Waals surface area contributed by atoms with Gasteiger partial charge in [0.25, 0.3) is 5.91 Å². The van der Waals surface area contributed by atoms with Gasteiger partial charge in [0, 0.05) is 19.0 Å². The maximum atomic E-state index is 13.4. The molecule has 0 radical (unpaired) electrons. The van der Waals surface area contributed by atoms with Gasteiger partial charge in [0.15, 0.2) is 6.61 Å². The van der Waals surface area contributed by atoms with Crippen LogP contribution in [0.15, 0.2) is 84.9 Å². The van der Waals surface area contributed by atoms with E-state index >= 15 is 0 Å². The molecule has 3 rings (SSSR count). The van der Waals surface area contributed by atoms with Crippen LogP contribution in [0.1, 0.15) is 30.5 Å². The van der Waals surface area contributed by atoms with Gasteiger partial charge in [0.05, 0.1) is 0 Å². The minimum Gasteiger partial charge on any atom is -0.484 e. The number of aryl methyl sites for hydroxylation is 1. The van der Waals surface area contributed by atoms with Crippen LogP contribution in [0.2, 0.25) is 0 Å². The summed E-state index contributed by atoms with van der Waals surface area (Å²) in [5, 5.41) is 2.99. The fourth-order valence-electron chi connectivity index (χ4n) is 3.58. The lowest BCUT2D eigenvalue weighted by atomic mass is 10.0. The third-order valence-corrected chi connectivity index (χ3v) is 5.28. The van der Waals surface area contributed by atoms with Gasteiger partial charge in [0.2, 0.25) is 5.91 Å². The van der Waals surface area contributed by atoms with Crippen molar-refractivity contribution in [2.24, 2.45) is 0 Å². The summed E-state index contributed by atoms with van der Waals surface area (Å²) in [5.41, 5.74) is 3.07. The largest absolute Gasteiger partial charge is 0.484 e. The summed E-state index contributed by atoms with van der Waals surface area (Å²) in [4.78, 5) is 28.3. The van der Waals surface area contributed by atoms with Crippen LogP contribution in [0.25, 0.3) is 0 Å². The number of nitrogens with zero attached hydrogens (tertiary/aromatic N) is 1. The van der Waals surface area contributed by atoms with Gasteiger partial charge in [-0.05, 0) is 44.0 Å². The molecule has 0 aliphatic carbocycles. The van der Waals surface area contributed by atoms with Gasteiger partial charge in [-0.3, -0.25) is 9.59 Å². The van der Waals surface area contributed by atoms with E-state index in [0.29, 0.717) is 18.7 Å². The highest BCUT2D eigenvalue weighted by Crippen LogP contribution is 2.17. The summed E-state index contributed by atoms with van der Waals surface area (Å²) in [6.07, 6.45) is 0.419. The number of nitrogens with one attached hydrogen (secondary N) is 1. The minimum atomic E-state index is -0.663. The van der Waals surface area contributed by atoms with E-state index in [-0.39, 0.29) is 24.5 Å².